The number of phenols is 1. The van der Waals surface area contributed by atoms with Crippen LogP contribution in [0.15, 0.2) is 12.1 Å². The van der Waals surface area contributed by atoms with Gasteiger partial charge in [0.15, 0.2) is 17.8 Å². The summed E-state index contributed by atoms with van der Waals surface area (Å²) in [4.78, 5) is 21.5. The van der Waals surface area contributed by atoms with E-state index in [0.717, 1.165) is 0 Å². The number of aromatic hydroxyl groups is 1. The Morgan fingerprint density at radius 1 is 1.53 bits per heavy atom. The lowest BCUT2D eigenvalue weighted by Crippen LogP contribution is -2.08. The highest BCUT2D eigenvalue weighted by molar-refractivity contribution is 5.98. The van der Waals surface area contributed by atoms with Crippen LogP contribution < -0.4 is 10.1 Å². The van der Waals surface area contributed by atoms with Crippen molar-refractivity contribution in [3.8, 4) is 11.5 Å². The molecule has 0 atom stereocenters. The van der Waals surface area contributed by atoms with Crippen LogP contribution in [0.5, 0.6) is 11.5 Å². The highest BCUT2D eigenvalue weighted by Gasteiger charge is 2.13. The molecule has 80 valence electrons. The Morgan fingerprint density at radius 3 is 2.67 bits per heavy atom. The van der Waals surface area contributed by atoms with Gasteiger partial charge in [-0.25, -0.2) is 0 Å². The molecule has 0 radical (unpaired) electrons. The lowest BCUT2D eigenvalue weighted by Gasteiger charge is -2.10. The summed E-state index contributed by atoms with van der Waals surface area (Å²) in [6, 6.07) is 2.90. The van der Waals surface area contributed by atoms with E-state index in [1.54, 1.807) is 0 Å². The number of aldehydes is 1. The Morgan fingerprint density at radius 2 is 2.20 bits per heavy atom. The third-order valence-electron chi connectivity index (χ3n) is 1.82. The number of rotatable bonds is 3. The lowest BCUT2D eigenvalue weighted by atomic mass is 10.1. The average molecular weight is 209 g/mol. The molecule has 0 fully saturated rings. The van der Waals surface area contributed by atoms with Crippen molar-refractivity contribution in [1.82, 2.24) is 0 Å². The summed E-state index contributed by atoms with van der Waals surface area (Å²) in [7, 11) is 1.38. The van der Waals surface area contributed by atoms with E-state index in [1.807, 2.05) is 0 Å². The number of hydrogen-bond acceptors (Lipinski definition) is 4. The summed E-state index contributed by atoms with van der Waals surface area (Å²) in [5.74, 6) is -0.427. The largest absolute Gasteiger partial charge is 0.503 e. The Kier molecular flexibility index (Phi) is 3.28. The summed E-state index contributed by atoms with van der Waals surface area (Å²) in [6.45, 7) is 1.29. The Hall–Kier alpha value is -2.04. The Balaban J connectivity index is 3.28. The minimum Gasteiger partial charge on any atom is -0.503 e. The fraction of sp³-hybridized carbons (Fsp3) is 0.200. The normalized spacial score (nSPS) is 9.47. The van der Waals surface area contributed by atoms with Gasteiger partial charge in [0.1, 0.15) is 0 Å². The Bertz CT molecular complexity index is 401. The standard InChI is InChI=1S/C10H11NO4/c1-6(13)11-9-7(5-12)3-4-8(15-2)10(9)14/h3-5,14H,1-2H3,(H,11,13). The van der Waals surface area contributed by atoms with Crippen LogP contribution in [0.1, 0.15) is 17.3 Å². The smallest absolute Gasteiger partial charge is 0.221 e. The zero-order valence-electron chi connectivity index (χ0n) is 8.40. The maximum Gasteiger partial charge on any atom is 0.221 e. The SMILES string of the molecule is COc1ccc(C=O)c(NC(C)=O)c1O. The molecule has 0 aliphatic carbocycles. The molecule has 0 aliphatic heterocycles. The van der Waals surface area contributed by atoms with Crippen molar-refractivity contribution in [2.75, 3.05) is 12.4 Å². The van der Waals surface area contributed by atoms with Crippen molar-refractivity contribution in [2.24, 2.45) is 0 Å². The van der Waals surface area contributed by atoms with Crippen LogP contribution in [0, 0.1) is 0 Å². The third kappa shape index (κ3) is 2.25. The van der Waals surface area contributed by atoms with Crippen LogP contribution in [0.2, 0.25) is 0 Å². The molecular weight excluding hydrogens is 198 g/mol. The van der Waals surface area contributed by atoms with E-state index in [0.29, 0.717) is 6.29 Å². The zero-order valence-corrected chi connectivity index (χ0v) is 8.40. The molecule has 0 saturated heterocycles. The number of nitrogens with one attached hydrogen (secondary N) is 1. The van der Waals surface area contributed by atoms with Crippen LogP contribution in [-0.2, 0) is 4.79 Å². The molecule has 0 spiro atoms. The van der Waals surface area contributed by atoms with Crippen molar-refractivity contribution in [1.29, 1.82) is 0 Å². The molecule has 5 nitrogen and oxygen atoms in total. The van der Waals surface area contributed by atoms with Crippen molar-refractivity contribution in [3.63, 3.8) is 0 Å². The number of hydrogen-bond donors (Lipinski definition) is 2. The number of carbonyl (C=O) groups is 2. The van der Waals surface area contributed by atoms with E-state index in [1.165, 1.54) is 26.2 Å². The van der Waals surface area contributed by atoms with Gasteiger partial charge >= 0.3 is 0 Å². The van der Waals surface area contributed by atoms with Gasteiger partial charge in [-0.3, -0.25) is 9.59 Å². The van der Waals surface area contributed by atoms with Gasteiger partial charge in [0.25, 0.3) is 0 Å². The van der Waals surface area contributed by atoms with Gasteiger partial charge in [-0.1, -0.05) is 0 Å². The summed E-state index contributed by atoms with van der Waals surface area (Å²) in [6.07, 6.45) is 0.546. The molecule has 15 heavy (non-hydrogen) atoms. The summed E-state index contributed by atoms with van der Waals surface area (Å²) >= 11 is 0. The van der Waals surface area contributed by atoms with Gasteiger partial charge in [-0.15, -0.1) is 0 Å². The van der Waals surface area contributed by atoms with Crippen molar-refractivity contribution >= 4 is 17.9 Å². The summed E-state index contributed by atoms with van der Waals surface area (Å²) < 4.78 is 4.85. The molecule has 1 rings (SSSR count). The molecular formula is C10H11NO4. The van der Waals surface area contributed by atoms with Crippen molar-refractivity contribution in [3.05, 3.63) is 17.7 Å². The first-order valence-corrected chi connectivity index (χ1v) is 4.23. The average Bonchev–Trinajstić information content (AvgIpc) is 2.20. The van der Waals surface area contributed by atoms with E-state index in [-0.39, 0.29) is 28.7 Å². The van der Waals surface area contributed by atoms with E-state index in [9.17, 15) is 14.7 Å². The fourth-order valence-corrected chi connectivity index (χ4v) is 1.16. The molecule has 0 saturated carbocycles. The summed E-state index contributed by atoms with van der Waals surface area (Å²) in [5.41, 5.74) is 0.264. The second-order valence-corrected chi connectivity index (χ2v) is 2.88. The quantitative estimate of drug-likeness (QED) is 0.578. The molecule has 0 aliphatic rings. The summed E-state index contributed by atoms with van der Waals surface area (Å²) in [5, 5.41) is 12.0. The number of anilines is 1. The maximum atomic E-state index is 10.9. The molecule has 2 N–H and O–H groups in total. The lowest BCUT2D eigenvalue weighted by molar-refractivity contribution is -0.114. The first-order valence-electron chi connectivity index (χ1n) is 4.23. The van der Waals surface area contributed by atoms with Crippen LogP contribution in [-0.4, -0.2) is 24.4 Å². The van der Waals surface area contributed by atoms with Gasteiger partial charge in [0.2, 0.25) is 5.91 Å². The number of benzene rings is 1. The molecule has 5 heteroatoms. The molecule has 1 amide bonds. The fourth-order valence-electron chi connectivity index (χ4n) is 1.16. The van der Waals surface area contributed by atoms with Crippen molar-refractivity contribution < 1.29 is 19.4 Å². The molecule has 0 bridgehead atoms. The highest BCUT2D eigenvalue weighted by Crippen LogP contribution is 2.36. The number of carbonyl (C=O) groups excluding carboxylic acids is 2. The van der Waals surface area contributed by atoms with Crippen LogP contribution in [0.3, 0.4) is 0 Å². The van der Waals surface area contributed by atoms with Gasteiger partial charge in [-0.05, 0) is 12.1 Å². The van der Waals surface area contributed by atoms with Crippen LogP contribution >= 0.6 is 0 Å². The third-order valence-corrected chi connectivity index (χ3v) is 1.82. The van der Waals surface area contributed by atoms with E-state index < -0.39 is 0 Å². The number of phenolic OH excluding ortho intramolecular Hbond substituents is 1. The highest BCUT2D eigenvalue weighted by atomic mass is 16.5. The first-order chi connectivity index (χ1) is 7.10. The second-order valence-electron chi connectivity index (χ2n) is 2.88. The molecule has 0 aromatic heterocycles. The van der Waals surface area contributed by atoms with E-state index in [4.69, 9.17) is 4.74 Å². The van der Waals surface area contributed by atoms with E-state index >= 15 is 0 Å². The molecule has 0 unspecified atom stereocenters. The van der Waals surface area contributed by atoms with Gasteiger partial charge < -0.3 is 15.2 Å². The van der Waals surface area contributed by atoms with Crippen LogP contribution in [0.25, 0.3) is 0 Å². The first kappa shape index (κ1) is 11.0. The number of ether oxygens (including phenoxy) is 1. The van der Waals surface area contributed by atoms with Crippen molar-refractivity contribution in [2.45, 2.75) is 6.92 Å². The predicted molar refractivity (Wildman–Crippen MR) is 54.4 cm³/mol. The number of methoxy groups -OCH3 is 1. The van der Waals surface area contributed by atoms with Gasteiger partial charge in [0.05, 0.1) is 12.8 Å². The van der Waals surface area contributed by atoms with Crippen LogP contribution in [0.4, 0.5) is 5.69 Å². The molecule has 1 aromatic carbocycles. The van der Waals surface area contributed by atoms with Gasteiger partial charge in [0, 0.05) is 12.5 Å². The second kappa shape index (κ2) is 4.45. The van der Waals surface area contributed by atoms with Gasteiger partial charge in [-0.2, -0.15) is 0 Å². The topological polar surface area (TPSA) is 75.6 Å². The molecule has 0 heterocycles. The molecule has 1 aromatic rings. The minimum atomic E-state index is -0.373. The zero-order chi connectivity index (χ0) is 11.4. The van der Waals surface area contributed by atoms with E-state index in [2.05, 4.69) is 5.32 Å². The Labute approximate surface area is 86.7 Å². The monoisotopic (exact) mass is 209 g/mol. The predicted octanol–water partition coefficient (Wildman–Crippen LogP) is 1.17. The maximum absolute atomic E-state index is 10.9. The number of amides is 1. The minimum absolute atomic E-state index is 0.0665.